The number of piperidine rings is 1. The molecule has 3 fully saturated rings. The number of ether oxygens (including phenoxy) is 1. The minimum absolute atomic E-state index is 0.0524. The second-order valence-corrected chi connectivity index (χ2v) is 10.9. The fourth-order valence-corrected chi connectivity index (χ4v) is 5.59. The van der Waals surface area contributed by atoms with E-state index in [0.717, 1.165) is 41.0 Å². The first kappa shape index (κ1) is 22.4. The number of amides is 2. The number of benzene rings is 1. The lowest BCUT2D eigenvalue weighted by molar-refractivity contribution is -0.136. The number of aromatic nitrogens is 3. The first-order chi connectivity index (χ1) is 17.1. The zero-order valence-corrected chi connectivity index (χ0v) is 20.5. The average molecular weight is 492 g/mol. The van der Waals surface area contributed by atoms with E-state index < -0.39 is 0 Å². The summed E-state index contributed by atoms with van der Waals surface area (Å²) in [4.78, 5) is 43.0. The van der Waals surface area contributed by atoms with Crippen molar-refractivity contribution in [1.29, 1.82) is 0 Å². The van der Waals surface area contributed by atoms with E-state index in [0.29, 0.717) is 43.5 Å². The largest absolute Gasteiger partial charge is 0.493 e. The Hall–Kier alpha value is -3.07. The van der Waals surface area contributed by atoms with E-state index in [1.807, 2.05) is 23.1 Å². The number of likely N-dealkylation sites (tertiary alicyclic amines) is 1. The second-order valence-electron chi connectivity index (χ2n) is 9.93. The van der Waals surface area contributed by atoms with Gasteiger partial charge in [0.05, 0.1) is 23.4 Å². The number of rotatable bonds is 8. The maximum Gasteiger partial charge on any atom is 0.232 e. The van der Waals surface area contributed by atoms with Crippen LogP contribution in [0.5, 0.6) is 5.75 Å². The van der Waals surface area contributed by atoms with Gasteiger partial charge in [-0.2, -0.15) is 0 Å². The lowest BCUT2D eigenvalue weighted by Crippen LogP contribution is -2.44. The third-order valence-corrected chi connectivity index (χ3v) is 8.11. The lowest BCUT2D eigenvalue weighted by atomic mass is 9.95. The normalized spacial score (nSPS) is 18.6. The van der Waals surface area contributed by atoms with E-state index in [2.05, 4.69) is 9.97 Å². The van der Waals surface area contributed by atoms with Crippen molar-refractivity contribution in [3.8, 4) is 5.75 Å². The Bertz CT molecular complexity index is 1220. The zero-order valence-electron chi connectivity index (χ0n) is 19.6. The average Bonchev–Trinajstić information content (AvgIpc) is 3.83. The molecule has 6 rings (SSSR count). The molecule has 8 nitrogen and oxygen atoms in total. The molecule has 1 saturated heterocycles. The van der Waals surface area contributed by atoms with Crippen molar-refractivity contribution in [3.05, 3.63) is 42.5 Å². The molecule has 1 aliphatic heterocycles. The summed E-state index contributed by atoms with van der Waals surface area (Å²) in [6, 6.07) is 5.95. The molecule has 2 saturated carbocycles. The van der Waals surface area contributed by atoms with Gasteiger partial charge in [0.25, 0.3) is 0 Å². The summed E-state index contributed by atoms with van der Waals surface area (Å²) in [7, 11) is 0. The first-order valence-corrected chi connectivity index (χ1v) is 13.3. The Morgan fingerprint density at radius 3 is 2.51 bits per heavy atom. The molecule has 0 radical (unpaired) electrons. The van der Waals surface area contributed by atoms with Gasteiger partial charge < -0.3 is 9.64 Å². The van der Waals surface area contributed by atoms with Gasteiger partial charge in [0.2, 0.25) is 11.8 Å². The maximum atomic E-state index is 13.8. The molecule has 3 heterocycles. The van der Waals surface area contributed by atoms with Gasteiger partial charge in [-0.05, 0) is 62.6 Å². The second kappa shape index (κ2) is 9.53. The van der Waals surface area contributed by atoms with Gasteiger partial charge in [-0.15, -0.1) is 0 Å². The van der Waals surface area contributed by atoms with E-state index >= 15 is 0 Å². The molecule has 0 N–H and O–H groups in total. The summed E-state index contributed by atoms with van der Waals surface area (Å²) < 4.78 is 6.95. The van der Waals surface area contributed by atoms with Gasteiger partial charge in [0, 0.05) is 42.9 Å². The van der Waals surface area contributed by atoms with Gasteiger partial charge in [-0.25, -0.2) is 15.0 Å². The molecule has 0 bridgehead atoms. The van der Waals surface area contributed by atoms with E-state index in [1.165, 1.54) is 30.5 Å². The zero-order chi connectivity index (χ0) is 23.8. The Kier molecular flexibility index (Phi) is 6.10. The third kappa shape index (κ3) is 5.15. The van der Waals surface area contributed by atoms with Crippen LogP contribution in [0.2, 0.25) is 0 Å². The smallest absolute Gasteiger partial charge is 0.232 e. The predicted molar refractivity (Wildman–Crippen MR) is 133 cm³/mol. The Morgan fingerprint density at radius 1 is 1.03 bits per heavy atom. The number of carbonyl (C=O) groups excluding carboxylic acids is 2. The molecule has 1 aromatic carbocycles. The number of nitrogens with zero attached hydrogens (tertiary/aromatic N) is 5. The van der Waals surface area contributed by atoms with Crippen molar-refractivity contribution < 1.29 is 14.3 Å². The minimum atomic E-state index is -0.132. The van der Waals surface area contributed by atoms with Crippen LogP contribution in [0.15, 0.2) is 36.9 Å². The Morgan fingerprint density at radius 2 is 1.80 bits per heavy atom. The van der Waals surface area contributed by atoms with Crippen LogP contribution in [0, 0.1) is 17.8 Å². The van der Waals surface area contributed by atoms with Gasteiger partial charge in [0.1, 0.15) is 12.1 Å². The van der Waals surface area contributed by atoms with Gasteiger partial charge in [-0.3, -0.25) is 14.5 Å². The highest BCUT2D eigenvalue weighted by atomic mass is 32.1. The number of carbonyl (C=O) groups is 2. The van der Waals surface area contributed by atoms with Crippen LogP contribution in [0.4, 0.5) is 5.13 Å². The molecule has 2 aliphatic carbocycles. The van der Waals surface area contributed by atoms with Gasteiger partial charge >= 0.3 is 0 Å². The number of hydrogen-bond donors (Lipinski definition) is 0. The summed E-state index contributed by atoms with van der Waals surface area (Å²) >= 11 is 1.51. The van der Waals surface area contributed by atoms with Crippen molar-refractivity contribution >= 4 is 38.5 Å². The molecule has 3 aromatic rings. The van der Waals surface area contributed by atoms with Crippen molar-refractivity contribution in [2.45, 2.75) is 45.1 Å². The van der Waals surface area contributed by atoms with E-state index in [-0.39, 0.29) is 23.7 Å². The number of thiazole rings is 1. The number of fused-ring (bicyclic) bond motifs is 1. The summed E-state index contributed by atoms with van der Waals surface area (Å²) in [5.74, 6) is 1.94. The Labute approximate surface area is 208 Å². The third-order valence-electron chi connectivity index (χ3n) is 7.07. The van der Waals surface area contributed by atoms with E-state index in [4.69, 9.17) is 9.72 Å². The lowest BCUT2D eigenvalue weighted by Gasteiger charge is -2.33. The molecule has 2 aromatic heterocycles. The van der Waals surface area contributed by atoms with Crippen LogP contribution < -0.4 is 9.64 Å². The number of hydrogen-bond acceptors (Lipinski definition) is 7. The van der Waals surface area contributed by atoms with Crippen LogP contribution >= 0.6 is 11.3 Å². The highest BCUT2D eigenvalue weighted by Crippen LogP contribution is 2.36. The first-order valence-electron chi connectivity index (χ1n) is 12.5. The van der Waals surface area contributed by atoms with Gasteiger partial charge in [0.15, 0.2) is 5.13 Å². The fourth-order valence-electron chi connectivity index (χ4n) is 4.59. The molecule has 0 unspecified atom stereocenters. The van der Waals surface area contributed by atoms with Crippen molar-refractivity contribution in [2.75, 3.05) is 24.6 Å². The van der Waals surface area contributed by atoms with Crippen molar-refractivity contribution in [3.63, 3.8) is 0 Å². The summed E-state index contributed by atoms with van der Waals surface area (Å²) in [6.07, 6.45) is 10.9. The molecular formula is C26H29N5O3S. The molecular weight excluding hydrogens is 462 g/mol. The monoisotopic (exact) mass is 491 g/mol. The van der Waals surface area contributed by atoms with Crippen molar-refractivity contribution in [2.24, 2.45) is 17.8 Å². The minimum Gasteiger partial charge on any atom is -0.493 e. The van der Waals surface area contributed by atoms with Crippen LogP contribution in [0.25, 0.3) is 10.2 Å². The van der Waals surface area contributed by atoms with Crippen LogP contribution in [0.3, 0.4) is 0 Å². The summed E-state index contributed by atoms with van der Waals surface area (Å²) in [5, 5.41) is 0.671. The van der Waals surface area contributed by atoms with Crippen LogP contribution in [-0.2, 0) is 16.1 Å². The number of anilines is 1. The predicted octanol–water partition coefficient (Wildman–Crippen LogP) is 4.06. The molecule has 9 heteroatoms. The van der Waals surface area contributed by atoms with Crippen molar-refractivity contribution in [1.82, 2.24) is 19.9 Å². The van der Waals surface area contributed by atoms with Gasteiger partial charge in [-0.1, -0.05) is 11.3 Å². The fraction of sp³-hybridized carbons (Fsp3) is 0.500. The SMILES string of the molecule is O=C(C1CC1)N1CCC(C(=O)N(Cc2cncnc2)c2nc3ccc(OCC4CC4)cc3s2)CC1. The Balaban J connectivity index is 1.22. The molecule has 0 spiro atoms. The summed E-state index contributed by atoms with van der Waals surface area (Å²) in [6.45, 7) is 2.43. The standard InChI is InChI=1S/C26H29N5O3S/c32-24(19-3-4-19)30-9-7-20(8-10-30)25(33)31(14-18-12-27-16-28-13-18)26-29-22-6-5-21(11-23(22)35-26)34-15-17-1-2-17/h5-6,11-13,16-17,19-20H,1-4,7-10,14-15H2. The van der Waals surface area contributed by atoms with E-state index in [1.54, 1.807) is 17.3 Å². The van der Waals surface area contributed by atoms with Crippen LogP contribution in [-0.4, -0.2) is 51.4 Å². The maximum absolute atomic E-state index is 13.8. The summed E-state index contributed by atoms with van der Waals surface area (Å²) in [5.41, 5.74) is 1.71. The highest BCUT2D eigenvalue weighted by Gasteiger charge is 2.37. The van der Waals surface area contributed by atoms with E-state index in [9.17, 15) is 9.59 Å². The topological polar surface area (TPSA) is 88.5 Å². The quantitative estimate of drug-likeness (QED) is 0.472. The molecule has 182 valence electrons. The molecule has 35 heavy (non-hydrogen) atoms. The molecule has 2 amide bonds. The van der Waals surface area contributed by atoms with Crippen LogP contribution in [0.1, 0.15) is 44.1 Å². The molecule has 3 aliphatic rings. The molecule has 0 atom stereocenters. The highest BCUT2D eigenvalue weighted by molar-refractivity contribution is 7.22.